The van der Waals surface area contributed by atoms with Crippen LogP contribution >= 0.6 is 15.9 Å². The van der Waals surface area contributed by atoms with Crippen molar-refractivity contribution in [3.63, 3.8) is 0 Å². The molecule has 3 nitrogen and oxygen atoms in total. The van der Waals surface area contributed by atoms with Crippen molar-refractivity contribution in [3.8, 4) is 0 Å². The summed E-state index contributed by atoms with van der Waals surface area (Å²) in [6, 6.07) is 0. The predicted molar refractivity (Wildman–Crippen MR) is 52.6 cm³/mol. The molecule has 0 aliphatic heterocycles. The Hall–Kier alpha value is -0.900. The summed E-state index contributed by atoms with van der Waals surface area (Å²) in [5.74, 6) is -0.501. The molecule has 0 bridgehead atoms. The van der Waals surface area contributed by atoms with Gasteiger partial charge in [0.2, 0.25) is 0 Å². The molecule has 0 fully saturated rings. The van der Waals surface area contributed by atoms with Gasteiger partial charge in [0.25, 0.3) is 0 Å². The molecule has 0 amide bonds. The number of nitrogens with zero attached hydrogens (tertiary/aromatic N) is 1. The van der Waals surface area contributed by atoms with E-state index in [9.17, 15) is 4.79 Å². The normalized spacial score (nSPS) is 11.5. The summed E-state index contributed by atoms with van der Waals surface area (Å²) in [7, 11) is 1.29. The largest absolute Gasteiger partial charge is 0.464 e. The fraction of sp³-hybridized carbons (Fsp3) is 0.250. The first-order valence-corrected chi connectivity index (χ1v) is 4.30. The van der Waals surface area contributed by atoms with Crippen LogP contribution in [-0.2, 0) is 9.53 Å². The van der Waals surface area contributed by atoms with Gasteiger partial charge in [-0.15, -0.1) is 0 Å². The van der Waals surface area contributed by atoms with Crippen molar-refractivity contribution in [1.29, 1.82) is 0 Å². The van der Waals surface area contributed by atoms with Crippen molar-refractivity contribution in [3.05, 3.63) is 23.9 Å². The molecule has 0 aromatic carbocycles. The van der Waals surface area contributed by atoms with E-state index in [-0.39, 0.29) is 5.70 Å². The highest BCUT2D eigenvalue weighted by molar-refractivity contribution is 9.09. The van der Waals surface area contributed by atoms with Crippen LogP contribution in [0, 0.1) is 0 Å². The highest BCUT2D eigenvalue weighted by Gasteiger charge is 2.10. The van der Waals surface area contributed by atoms with Crippen LogP contribution in [0.15, 0.2) is 28.9 Å². The molecule has 0 aliphatic carbocycles. The number of alkyl halides is 1. The third-order valence-corrected chi connectivity index (χ3v) is 1.84. The number of carbonyl (C=O) groups excluding carboxylic acids is 1. The summed E-state index contributed by atoms with van der Waals surface area (Å²) in [4.78, 5) is 14.6. The molecule has 4 heteroatoms. The zero-order chi connectivity index (χ0) is 9.56. The fourth-order valence-corrected chi connectivity index (χ4v) is 1.10. The van der Waals surface area contributed by atoms with Gasteiger partial charge in [-0.2, -0.15) is 0 Å². The highest BCUT2D eigenvalue weighted by Crippen LogP contribution is 2.11. The molecule has 66 valence electrons. The van der Waals surface area contributed by atoms with E-state index in [1.54, 1.807) is 0 Å². The number of ether oxygens (including phenoxy) is 1. The number of hydrogen-bond acceptors (Lipinski definition) is 3. The molecule has 0 heterocycles. The Bertz CT molecular complexity index is 233. The fourth-order valence-electron chi connectivity index (χ4n) is 0.608. The second-order valence-electron chi connectivity index (χ2n) is 1.86. The third kappa shape index (κ3) is 2.62. The van der Waals surface area contributed by atoms with Crippen molar-refractivity contribution in [2.45, 2.75) is 0 Å². The Balaban J connectivity index is 4.93. The van der Waals surface area contributed by atoms with Crippen LogP contribution in [0.2, 0.25) is 0 Å². The highest BCUT2D eigenvalue weighted by atomic mass is 79.9. The molecule has 0 saturated heterocycles. The van der Waals surface area contributed by atoms with Crippen LogP contribution in [0.5, 0.6) is 0 Å². The SMILES string of the molecule is C=C/C(CBr)=C(\N=C)C(=O)OC. The average molecular weight is 232 g/mol. The van der Waals surface area contributed by atoms with Gasteiger partial charge in [0.1, 0.15) is 0 Å². The molecule has 0 N–H and O–H groups in total. The molecule has 0 radical (unpaired) electrons. The first kappa shape index (κ1) is 11.1. The van der Waals surface area contributed by atoms with Crippen LogP contribution in [0.25, 0.3) is 0 Å². The topological polar surface area (TPSA) is 38.7 Å². The number of carbonyl (C=O) groups is 1. The number of allylic oxidation sites excluding steroid dienone is 2. The summed E-state index contributed by atoms with van der Waals surface area (Å²) in [6.07, 6.45) is 1.54. The van der Waals surface area contributed by atoms with Crippen molar-refractivity contribution in [1.82, 2.24) is 0 Å². The number of halogens is 1. The second-order valence-corrected chi connectivity index (χ2v) is 2.42. The third-order valence-electron chi connectivity index (χ3n) is 1.23. The summed E-state index contributed by atoms with van der Waals surface area (Å²) >= 11 is 3.19. The van der Waals surface area contributed by atoms with E-state index in [2.05, 4.69) is 39.0 Å². The quantitative estimate of drug-likeness (QED) is 0.243. The van der Waals surface area contributed by atoms with Gasteiger partial charge in [-0.05, 0) is 12.3 Å². The molecule has 0 aromatic rings. The number of hydrogen-bond donors (Lipinski definition) is 0. The van der Waals surface area contributed by atoms with Gasteiger partial charge >= 0.3 is 5.97 Å². The van der Waals surface area contributed by atoms with Gasteiger partial charge < -0.3 is 4.74 Å². The van der Waals surface area contributed by atoms with Crippen molar-refractivity contribution in [2.75, 3.05) is 12.4 Å². The molecule has 0 saturated carbocycles. The summed E-state index contributed by atoms with van der Waals surface area (Å²) in [6.45, 7) is 6.80. The Morgan fingerprint density at radius 2 is 2.33 bits per heavy atom. The van der Waals surface area contributed by atoms with Crippen LogP contribution in [0.3, 0.4) is 0 Å². The van der Waals surface area contributed by atoms with Crippen molar-refractivity contribution >= 4 is 28.6 Å². The Morgan fingerprint density at radius 1 is 1.75 bits per heavy atom. The lowest BCUT2D eigenvalue weighted by Crippen LogP contribution is -2.05. The maximum atomic E-state index is 11.0. The first-order chi connectivity index (χ1) is 5.71. The minimum absolute atomic E-state index is 0.198. The molecular formula is C8H10BrNO2. The molecule has 0 aliphatic rings. The lowest BCUT2D eigenvalue weighted by molar-refractivity contribution is -0.136. The zero-order valence-corrected chi connectivity index (χ0v) is 8.43. The lowest BCUT2D eigenvalue weighted by Gasteiger charge is -2.02. The van der Waals surface area contributed by atoms with E-state index in [0.717, 1.165) is 0 Å². The Labute approximate surface area is 80.0 Å². The summed E-state index contributed by atoms with van der Waals surface area (Å²) in [5.41, 5.74) is 0.862. The van der Waals surface area contributed by atoms with Crippen LogP contribution in [0.1, 0.15) is 0 Å². The summed E-state index contributed by atoms with van der Waals surface area (Å²) < 4.78 is 4.49. The van der Waals surface area contributed by atoms with E-state index in [1.165, 1.54) is 13.2 Å². The lowest BCUT2D eigenvalue weighted by atomic mass is 10.2. The van der Waals surface area contributed by atoms with Crippen LogP contribution in [-0.4, -0.2) is 25.1 Å². The van der Waals surface area contributed by atoms with Gasteiger partial charge in [-0.3, -0.25) is 4.99 Å². The van der Waals surface area contributed by atoms with E-state index >= 15 is 0 Å². The van der Waals surface area contributed by atoms with Crippen LogP contribution < -0.4 is 0 Å². The minimum Gasteiger partial charge on any atom is -0.464 e. The van der Waals surface area contributed by atoms with Gasteiger partial charge in [0.05, 0.1) is 7.11 Å². The molecule has 0 atom stereocenters. The van der Waals surface area contributed by atoms with Gasteiger partial charge in [-0.1, -0.05) is 28.6 Å². The van der Waals surface area contributed by atoms with E-state index in [4.69, 9.17) is 0 Å². The zero-order valence-electron chi connectivity index (χ0n) is 6.84. The molecular weight excluding hydrogens is 222 g/mol. The summed E-state index contributed by atoms with van der Waals surface area (Å²) in [5, 5.41) is 0.500. The average Bonchev–Trinajstić information content (AvgIpc) is 2.12. The van der Waals surface area contributed by atoms with E-state index in [1.807, 2.05) is 0 Å². The van der Waals surface area contributed by atoms with Gasteiger partial charge in [0.15, 0.2) is 5.70 Å². The standard InChI is InChI=1S/C8H10BrNO2/c1-4-6(5-9)7(10-2)8(11)12-3/h4H,1-2,5H2,3H3/b7-6+. The number of rotatable bonds is 4. The maximum Gasteiger partial charge on any atom is 0.356 e. The number of methoxy groups -OCH3 is 1. The number of esters is 1. The molecule has 0 spiro atoms. The maximum absolute atomic E-state index is 11.0. The monoisotopic (exact) mass is 231 g/mol. The van der Waals surface area contributed by atoms with Gasteiger partial charge in [0, 0.05) is 5.33 Å². The molecule has 0 unspecified atom stereocenters. The van der Waals surface area contributed by atoms with E-state index < -0.39 is 5.97 Å². The van der Waals surface area contributed by atoms with Crippen molar-refractivity contribution < 1.29 is 9.53 Å². The van der Waals surface area contributed by atoms with E-state index in [0.29, 0.717) is 10.9 Å². The second kappa shape index (κ2) is 5.71. The Kier molecular flexibility index (Phi) is 5.28. The Morgan fingerprint density at radius 3 is 2.58 bits per heavy atom. The molecule has 12 heavy (non-hydrogen) atoms. The molecule has 0 aromatic heterocycles. The smallest absolute Gasteiger partial charge is 0.356 e. The predicted octanol–water partition coefficient (Wildman–Crippen LogP) is 1.69. The number of aliphatic imine (C=N–C) groups is 1. The van der Waals surface area contributed by atoms with Crippen LogP contribution in [0.4, 0.5) is 0 Å². The van der Waals surface area contributed by atoms with Crippen molar-refractivity contribution in [2.24, 2.45) is 4.99 Å². The van der Waals surface area contributed by atoms with Gasteiger partial charge in [-0.25, -0.2) is 4.79 Å². The minimum atomic E-state index is -0.501. The first-order valence-electron chi connectivity index (χ1n) is 3.17. The molecule has 0 rings (SSSR count).